The maximum atomic E-state index is 5.38. The van der Waals surface area contributed by atoms with Crippen molar-refractivity contribution in [2.24, 2.45) is 10.8 Å². The van der Waals surface area contributed by atoms with Gasteiger partial charge < -0.3 is 10.6 Å². The molecule has 0 bridgehead atoms. The molecule has 0 aliphatic rings. The van der Waals surface area contributed by atoms with Crippen LogP contribution in [0.4, 0.5) is 0 Å². The molecule has 0 aliphatic heterocycles. The highest BCUT2D eigenvalue weighted by Gasteiger charge is 2.04. The lowest BCUT2D eigenvalue weighted by Crippen LogP contribution is -2.26. The van der Waals surface area contributed by atoms with Crippen LogP contribution < -0.4 is 11.2 Å². The van der Waals surface area contributed by atoms with Crippen molar-refractivity contribution in [2.75, 3.05) is 20.6 Å². The summed E-state index contributed by atoms with van der Waals surface area (Å²) in [6.45, 7) is 0.923. The summed E-state index contributed by atoms with van der Waals surface area (Å²) in [5.74, 6) is 0. The largest absolute Gasteiger partial charge is 0.375 e. The lowest BCUT2D eigenvalue weighted by molar-refractivity contribution is 0.422. The minimum atomic E-state index is 0. The van der Waals surface area contributed by atoms with Gasteiger partial charge in [0.2, 0.25) is 0 Å². The average molecular weight is 287 g/mol. The lowest BCUT2D eigenvalue weighted by Gasteiger charge is -2.11. The molecule has 4 nitrogen and oxygen atoms in total. The first-order valence-corrected chi connectivity index (χ1v) is 5.82. The van der Waals surface area contributed by atoms with E-state index in [1.165, 1.54) is 0 Å². The minimum absolute atomic E-state index is 0. The molecular weight excluding hydrogens is 268 g/mol. The molecule has 0 fully saturated rings. The second-order valence-electron chi connectivity index (χ2n) is 3.95. The summed E-state index contributed by atoms with van der Waals surface area (Å²) in [7, 11) is 4.06. The fourth-order valence-electron chi connectivity index (χ4n) is 1.35. The van der Waals surface area contributed by atoms with Gasteiger partial charge in [0.1, 0.15) is 0 Å². The number of hydrogen-bond donors (Lipinski definition) is 2. The van der Waals surface area contributed by atoms with Gasteiger partial charge >= 0.3 is 0 Å². The Hall–Kier alpha value is -1.17. The van der Waals surface area contributed by atoms with Crippen LogP contribution in [0.1, 0.15) is 12.0 Å². The number of benzene rings is 1. The third-order valence-electron chi connectivity index (χ3n) is 2.20. The van der Waals surface area contributed by atoms with E-state index in [4.69, 9.17) is 18.0 Å². The van der Waals surface area contributed by atoms with E-state index in [2.05, 4.69) is 15.4 Å². The van der Waals surface area contributed by atoms with Gasteiger partial charge in [-0.1, -0.05) is 30.3 Å². The van der Waals surface area contributed by atoms with E-state index in [0.29, 0.717) is 0 Å². The van der Waals surface area contributed by atoms with Crippen molar-refractivity contribution >= 4 is 35.4 Å². The number of thiocarbonyl (C=S) groups is 1. The second kappa shape index (κ2) is 8.85. The molecule has 6 heteroatoms. The first kappa shape index (κ1) is 16.8. The Balaban J connectivity index is 0.00000289. The third-order valence-corrected chi connectivity index (χ3v) is 2.30. The summed E-state index contributed by atoms with van der Waals surface area (Å²) >= 11 is 4.75. The van der Waals surface area contributed by atoms with Crippen molar-refractivity contribution in [1.82, 2.24) is 10.3 Å². The van der Waals surface area contributed by atoms with Crippen LogP contribution in [0.5, 0.6) is 0 Å². The molecule has 0 amide bonds. The molecule has 0 saturated heterocycles. The number of nitrogens with one attached hydrogen (secondary N) is 1. The van der Waals surface area contributed by atoms with Crippen LogP contribution in [-0.2, 0) is 0 Å². The molecule has 0 atom stereocenters. The predicted molar refractivity (Wildman–Crippen MR) is 83.3 cm³/mol. The Morgan fingerprint density at radius 1 is 1.33 bits per heavy atom. The SMILES string of the molecule is CN(C)CCC(=NNC(N)=S)c1ccccc1.Cl. The Morgan fingerprint density at radius 2 is 1.94 bits per heavy atom. The summed E-state index contributed by atoms with van der Waals surface area (Å²) in [5.41, 5.74) is 10.1. The second-order valence-corrected chi connectivity index (χ2v) is 4.39. The van der Waals surface area contributed by atoms with Gasteiger partial charge in [0, 0.05) is 13.0 Å². The molecule has 0 aliphatic carbocycles. The molecule has 1 aromatic carbocycles. The highest BCUT2D eigenvalue weighted by Crippen LogP contribution is 2.04. The molecule has 100 valence electrons. The maximum Gasteiger partial charge on any atom is 0.184 e. The topological polar surface area (TPSA) is 53.6 Å². The number of hydrazone groups is 1. The van der Waals surface area contributed by atoms with E-state index in [0.717, 1.165) is 24.2 Å². The van der Waals surface area contributed by atoms with Gasteiger partial charge in [-0.2, -0.15) is 5.10 Å². The number of nitrogens with two attached hydrogens (primary N) is 1. The van der Waals surface area contributed by atoms with Gasteiger partial charge in [0.15, 0.2) is 5.11 Å². The molecule has 0 saturated carbocycles. The van der Waals surface area contributed by atoms with Crippen LogP contribution >= 0.6 is 24.6 Å². The van der Waals surface area contributed by atoms with Crippen molar-refractivity contribution < 1.29 is 0 Å². The zero-order valence-electron chi connectivity index (χ0n) is 10.6. The lowest BCUT2D eigenvalue weighted by atomic mass is 10.1. The Labute approximate surface area is 120 Å². The van der Waals surface area contributed by atoms with Crippen LogP contribution in [0.25, 0.3) is 0 Å². The van der Waals surface area contributed by atoms with Crippen molar-refractivity contribution in [3.05, 3.63) is 35.9 Å². The molecule has 1 rings (SSSR count). The molecule has 1 aromatic rings. The van der Waals surface area contributed by atoms with Crippen LogP contribution in [0, 0.1) is 0 Å². The number of rotatable bonds is 5. The van der Waals surface area contributed by atoms with E-state index in [9.17, 15) is 0 Å². The van der Waals surface area contributed by atoms with Gasteiger partial charge in [0.25, 0.3) is 0 Å². The maximum absolute atomic E-state index is 5.38. The summed E-state index contributed by atoms with van der Waals surface area (Å²) in [6.07, 6.45) is 0.840. The van der Waals surface area contributed by atoms with Crippen molar-refractivity contribution in [3.8, 4) is 0 Å². The summed E-state index contributed by atoms with van der Waals surface area (Å²) in [6, 6.07) is 10.0. The summed E-state index contributed by atoms with van der Waals surface area (Å²) in [4.78, 5) is 2.11. The molecule has 18 heavy (non-hydrogen) atoms. The van der Waals surface area contributed by atoms with Crippen molar-refractivity contribution in [1.29, 1.82) is 0 Å². The van der Waals surface area contributed by atoms with Crippen molar-refractivity contribution in [3.63, 3.8) is 0 Å². The van der Waals surface area contributed by atoms with Gasteiger partial charge in [-0.15, -0.1) is 12.4 Å². The molecule has 0 unspecified atom stereocenters. The Bertz CT molecular complexity index is 392. The van der Waals surface area contributed by atoms with Gasteiger partial charge in [-0.05, 0) is 31.9 Å². The van der Waals surface area contributed by atoms with Gasteiger partial charge in [-0.25, -0.2) is 0 Å². The smallest absolute Gasteiger partial charge is 0.184 e. The van der Waals surface area contributed by atoms with Crippen LogP contribution in [0.2, 0.25) is 0 Å². The highest BCUT2D eigenvalue weighted by atomic mass is 35.5. The number of hydrogen-bond acceptors (Lipinski definition) is 3. The van der Waals surface area contributed by atoms with E-state index in [1.54, 1.807) is 0 Å². The molecule has 0 spiro atoms. The zero-order valence-corrected chi connectivity index (χ0v) is 12.2. The third kappa shape index (κ3) is 6.54. The Kier molecular flexibility index (Phi) is 8.28. The summed E-state index contributed by atoms with van der Waals surface area (Å²) in [5, 5.41) is 4.42. The minimum Gasteiger partial charge on any atom is -0.375 e. The number of halogens is 1. The standard InChI is InChI=1S/C12H18N4S.ClH/c1-16(2)9-8-11(14-15-12(13)17)10-6-4-3-5-7-10;/h3-7H,8-9H2,1-2H3,(H3,13,15,17);1H. The van der Waals surface area contributed by atoms with Gasteiger partial charge in [-0.3, -0.25) is 5.43 Å². The first-order chi connectivity index (χ1) is 8.09. The van der Waals surface area contributed by atoms with E-state index in [-0.39, 0.29) is 17.5 Å². The fraction of sp³-hybridized carbons (Fsp3) is 0.333. The predicted octanol–water partition coefficient (Wildman–Crippen LogP) is 1.60. The average Bonchev–Trinajstić information content (AvgIpc) is 2.29. The zero-order chi connectivity index (χ0) is 12.7. The normalized spacial score (nSPS) is 10.9. The molecule has 0 radical (unpaired) electrons. The molecule has 3 N–H and O–H groups in total. The Morgan fingerprint density at radius 3 is 2.44 bits per heavy atom. The van der Waals surface area contributed by atoms with Crippen LogP contribution in [0.3, 0.4) is 0 Å². The van der Waals surface area contributed by atoms with Crippen LogP contribution in [-0.4, -0.2) is 36.4 Å². The van der Waals surface area contributed by atoms with Gasteiger partial charge in [0.05, 0.1) is 5.71 Å². The van der Waals surface area contributed by atoms with E-state index < -0.39 is 0 Å². The van der Waals surface area contributed by atoms with Crippen molar-refractivity contribution in [2.45, 2.75) is 6.42 Å². The molecule has 0 heterocycles. The molecular formula is C12H19ClN4S. The number of nitrogens with zero attached hydrogens (tertiary/aromatic N) is 2. The molecule has 0 aromatic heterocycles. The summed E-state index contributed by atoms with van der Waals surface area (Å²) < 4.78 is 0. The monoisotopic (exact) mass is 286 g/mol. The highest BCUT2D eigenvalue weighted by molar-refractivity contribution is 7.80. The quantitative estimate of drug-likeness (QED) is 0.490. The van der Waals surface area contributed by atoms with E-state index in [1.807, 2.05) is 44.4 Å². The van der Waals surface area contributed by atoms with Crippen LogP contribution in [0.15, 0.2) is 35.4 Å². The van der Waals surface area contributed by atoms with E-state index >= 15 is 0 Å². The first-order valence-electron chi connectivity index (χ1n) is 5.41. The fourth-order valence-corrected chi connectivity index (χ4v) is 1.39.